The van der Waals surface area contributed by atoms with E-state index >= 15 is 0 Å². The third kappa shape index (κ3) is 1.40. The molecule has 70 valence electrons. The highest BCUT2D eigenvalue weighted by Crippen LogP contribution is 2.21. The van der Waals surface area contributed by atoms with Gasteiger partial charge in [-0.3, -0.25) is 4.79 Å². The predicted molar refractivity (Wildman–Crippen MR) is 44.3 cm³/mol. The maximum Gasteiger partial charge on any atom is 0.356 e. The molecular weight excluding hydrogens is 174 g/mol. The van der Waals surface area contributed by atoms with Gasteiger partial charge in [0, 0.05) is 13.1 Å². The lowest BCUT2D eigenvalue weighted by molar-refractivity contribution is 0.0682. The largest absolute Gasteiger partial charge is 0.494 e. The maximum atomic E-state index is 10.7. The maximum absolute atomic E-state index is 10.7. The van der Waals surface area contributed by atoms with Crippen LogP contribution in [-0.4, -0.2) is 29.0 Å². The first-order valence-electron chi connectivity index (χ1n) is 3.54. The number of carboxylic acids is 1. The molecule has 1 rings (SSSR count). The molecule has 0 spiro atoms. The van der Waals surface area contributed by atoms with Crippen LogP contribution in [0.1, 0.15) is 21.0 Å². The summed E-state index contributed by atoms with van der Waals surface area (Å²) in [6.07, 6.45) is 0.578. The Bertz CT molecular complexity index is 353. The summed E-state index contributed by atoms with van der Waals surface area (Å²) < 4.78 is 6.08. The van der Waals surface area contributed by atoms with E-state index in [0.717, 1.165) is 0 Å². The van der Waals surface area contributed by atoms with Crippen molar-refractivity contribution in [3.05, 3.63) is 17.5 Å². The van der Waals surface area contributed by atoms with Crippen molar-refractivity contribution < 1.29 is 19.4 Å². The van der Waals surface area contributed by atoms with Gasteiger partial charge in [0.15, 0.2) is 17.7 Å². The molecule has 1 aromatic rings. The summed E-state index contributed by atoms with van der Waals surface area (Å²) in [5.74, 6) is -0.926. The van der Waals surface area contributed by atoms with Gasteiger partial charge in [-0.05, 0) is 0 Å². The number of aromatic nitrogens is 1. The number of hydrogen-bond donors (Lipinski definition) is 1. The second-order valence-corrected chi connectivity index (χ2v) is 2.47. The number of rotatable bonds is 3. The minimum atomic E-state index is -1.12. The molecule has 5 nitrogen and oxygen atoms in total. The van der Waals surface area contributed by atoms with Gasteiger partial charge < -0.3 is 14.4 Å². The number of aldehydes is 1. The van der Waals surface area contributed by atoms with Gasteiger partial charge in [0.1, 0.15) is 0 Å². The molecule has 0 atom stereocenters. The van der Waals surface area contributed by atoms with Crippen LogP contribution in [-0.2, 0) is 7.05 Å². The van der Waals surface area contributed by atoms with E-state index in [9.17, 15) is 9.59 Å². The summed E-state index contributed by atoms with van der Waals surface area (Å²) in [6, 6.07) is 1.39. The van der Waals surface area contributed by atoms with Crippen molar-refractivity contribution in [1.29, 1.82) is 0 Å². The predicted octanol–water partition coefficient (Wildman–Crippen LogP) is 0.544. The average molecular weight is 183 g/mol. The number of aromatic carboxylic acids is 1. The lowest BCUT2D eigenvalue weighted by Gasteiger charge is -2.00. The van der Waals surface area contributed by atoms with Crippen LogP contribution in [0.2, 0.25) is 0 Å². The first kappa shape index (κ1) is 9.31. The molecule has 0 aromatic carbocycles. The fourth-order valence-corrected chi connectivity index (χ4v) is 1.11. The van der Waals surface area contributed by atoms with Crippen molar-refractivity contribution in [2.75, 3.05) is 7.11 Å². The summed E-state index contributed by atoms with van der Waals surface area (Å²) in [5.41, 5.74) is 0.249. The van der Waals surface area contributed by atoms with Crippen LogP contribution < -0.4 is 4.74 Å². The van der Waals surface area contributed by atoms with Crippen molar-refractivity contribution in [2.45, 2.75) is 0 Å². The van der Waals surface area contributed by atoms with E-state index in [4.69, 9.17) is 9.84 Å². The number of methoxy groups -OCH3 is 1. The zero-order chi connectivity index (χ0) is 10.0. The molecule has 5 heteroatoms. The number of hydrogen-bond acceptors (Lipinski definition) is 3. The smallest absolute Gasteiger partial charge is 0.356 e. The Morgan fingerprint density at radius 1 is 1.69 bits per heavy atom. The summed E-state index contributed by atoms with van der Waals surface area (Å²) in [7, 11) is 2.85. The van der Waals surface area contributed by atoms with Gasteiger partial charge in [-0.25, -0.2) is 4.79 Å². The lowest BCUT2D eigenvalue weighted by Crippen LogP contribution is -2.07. The Morgan fingerprint density at radius 3 is 2.62 bits per heavy atom. The second kappa shape index (κ2) is 3.30. The molecule has 0 bridgehead atoms. The minimum absolute atomic E-state index is 0.0235. The van der Waals surface area contributed by atoms with Crippen molar-refractivity contribution in [2.24, 2.45) is 7.05 Å². The molecule has 1 N–H and O–H groups in total. The van der Waals surface area contributed by atoms with E-state index in [0.29, 0.717) is 6.29 Å². The zero-order valence-electron chi connectivity index (χ0n) is 7.27. The number of ether oxygens (including phenoxy) is 1. The molecule has 13 heavy (non-hydrogen) atoms. The number of nitrogens with zero attached hydrogens (tertiary/aromatic N) is 1. The van der Waals surface area contributed by atoms with E-state index in [2.05, 4.69) is 0 Å². The van der Waals surface area contributed by atoms with Crippen molar-refractivity contribution in [3.63, 3.8) is 0 Å². The van der Waals surface area contributed by atoms with Gasteiger partial charge in [0.2, 0.25) is 0 Å². The topological polar surface area (TPSA) is 68.5 Å². The van der Waals surface area contributed by atoms with Crippen LogP contribution in [0.25, 0.3) is 0 Å². The Hall–Kier alpha value is -1.78. The highest BCUT2D eigenvalue weighted by atomic mass is 16.5. The Kier molecular flexibility index (Phi) is 2.36. The van der Waals surface area contributed by atoms with Crippen LogP contribution in [0, 0.1) is 0 Å². The van der Waals surface area contributed by atoms with E-state index in [1.54, 1.807) is 0 Å². The molecule has 1 aromatic heterocycles. The SMILES string of the molecule is COc1cc(C=O)n(C)c1C(=O)O. The summed E-state index contributed by atoms with van der Waals surface area (Å²) in [5, 5.41) is 8.77. The first-order chi connectivity index (χ1) is 6.11. The first-order valence-corrected chi connectivity index (χ1v) is 3.54. The third-order valence-electron chi connectivity index (χ3n) is 1.78. The average Bonchev–Trinajstić information content (AvgIpc) is 2.41. The molecule has 0 aliphatic heterocycles. The standard InChI is InChI=1S/C8H9NO4/c1-9-5(4-10)3-6(13-2)7(9)8(11)12/h3-4H,1-2H3,(H,11,12). The van der Waals surface area contributed by atoms with E-state index in [-0.39, 0.29) is 17.1 Å². The van der Waals surface area contributed by atoms with Gasteiger partial charge in [-0.2, -0.15) is 0 Å². The van der Waals surface area contributed by atoms with Gasteiger partial charge in [-0.15, -0.1) is 0 Å². The van der Waals surface area contributed by atoms with Gasteiger partial charge in [0.25, 0.3) is 0 Å². The molecule has 0 fully saturated rings. The fourth-order valence-electron chi connectivity index (χ4n) is 1.11. The molecular formula is C8H9NO4. The van der Waals surface area contributed by atoms with Crippen molar-refractivity contribution >= 4 is 12.3 Å². The monoisotopic (exact) mass is 183 g/mol. The number of carbonyl (C=O) groups is 2. The van der Waals surface area contributed by atoms with Crippen LogP contribution in [0.5, 0.6) is 5.75 Å². The molecule has 0 radical (unpaired) electrons. The van der Waals surface area contributed by atoms with Crippen LogP contribution >= 0.6 is 0 Å². The number of carboxylic acid groups (broad SMARTS) is 1. The Morgan fingerprint density at radius 2 is 2.31 bits per heavy atom. The lowest BCUT2D eigenvalue weighted by atomic mass is 10.4. The highest BCUT2D eigenvalue weighted by Gasteiger charge is 2.18. The molecule has 0 saturated carbocycles. The van der Waals surface area contributed by atoms with Crippen LogP contribution in [0.3, 0.4) is 0 Å². The molecule has 0 aliphatic rings. The molecule has 0 aliphatic carbocycles. The minimum Gasteiger partial charge on any atom is -0.494 e. The van der Waals surface area contributed by atoms with E-state index < -0.39 is 5.97 Å². The molecule has 0 amide bonds. The third-order valence-corrected chi connectivity index (χ3v) is 1.78. The van der Waals surface area contributed by atoms with E-state index in [1.165, 1.54) is 24.8 Å². The Balaban J connectivity index is 3.37. The highest BCUT2D eigenvalue weighted by molar-refractivity contribution is 5.91. The second-order valence-electron chi connectivity index (χ2n) is 2.47. The summed E-state index contributed by atoms with van der Waals surface area (Å²) >= 11 is 0. The normalized spacial score (nSPS) is 9.69. The van der Waals surface area contributed by atoms with Gasteiger partial charge in [-0.1, -0.05) is 0 Å². The van der Waals surface area contributed by atoms with Crippen LogP contribution in [0.4, 0.5) is 0 Å². The van der Waals surface area contributed by atoms with Gasteiger partial charge >= 0.3 is 5.97 Å². The van der Waals surface area contributed by atoms with Crippen molar-refractivity contribution in [3.8, 4) is 5.75 Å². The zero-order valence-corrected chi connectivity index (χ0v) is 7.27. The Labute approximate surface area is 74.5 Å². The fraction of sp³-hybridized carbons (Fsp3) is 0.250. The van der Waals surface area contributed by atoms with Crippen molar-refractivity contribution in [1.82, 2.24) is 4.57 Å². The quantitative estimate of drug-likeness (QED) is 0.694. The molecule has 1 heterocycles. The number of carbonyl (C=O) groups excluding carboxylic acids is 1. The summed E-state index contributed by atoms with van der Waals surface area (Å²) in [4.78, 5) is 21.2. The molecule has 0 unspecified atom stereocenters. The van der Waals surface area contributed by atoms with Gasteiger partial charge in [0.05, 0.1) is 12.8 Å². The summed E-state index contributed by atoms with van der Waals surface area (Å²) in [6.45, 7) is 0. The molecule has 0 saturated heterocycles. The van der Waals surface area contributed by atoms with Crippen LogP contribution in [0.15, 0.2) is 6.07 Å². The van der Waals surface area contributed by atoms with E-state index in [1.807, 2.05) is 0 Å².